The lowest BCUT2D eigenvalue weighted by Gasteiger charge is -2.40. The summed E-state index contributed by atoms with van der Waals surface area (Å²) >= 11 is 0. The van der Waals surface area contributed by atoms with Gasteiger partial charge in [-0.25, -0.2) is 0 Å². The van der Waals surface area contributed by atoms with Crippen molar-refractivity contribution in [3.63, 3.8) is 0 Å². The summed E-state index contributed by atoms with van der Waals surface area (Å²) in [4.78, 5) is 17.3. The third kappa shape index (κ3) is 2.52. The topological polar surface area (TPSA) is 49.6 Å². The van der Waals surface area contributed by atoms with Crippen molar-refractivity contribution in [1.82, 2.24) is 10.1 Å². The molecule has 1 aliphatic carbocycles. The van der Waals surface area contributed by atoms with E-state index in [-0.39, 0.29) is 11.3 Å². The van der Waals surface area contributed by atoms with Gasteiger partial charge in [0.1, 0.15) is 11.8 Å². The van der Waals surface area contributed by atoms with Crippen LogP contribution in [0.3, 0.4) is 0 Å². The largest absolute Gasteiger partial charge is 0.370 e. The van der Waals surface area contributed by atoms with Crippen molar-refractivity contribution in [2.24, 2.45) is 5.92 Å². The fraction of sp³-hybridized carbons (Fsp3) is 0.524. The Morgan fingerprint density at radius 2 is 2.04 bits per heavy atom. The average Bonchev–Trinajstić information content (AvgIpc) is 3.31. The number of para-hydroxylation sites is 1. The van der Waals surface area contributed by atoms with Gasteiger partial charge in [0.05, 0.1) is 5.69 Å². The molecule has 5 rings (SSSR count). The molecule has 1 aromatic carbocycles. The second-order valence-electron chi connectivity index (χ2n) is 8.23. The molecule has 0 radical (unpaired) electrons. The second kappa shape index (κ2) is 5.86. The first-order valence-electron chi connectivity index (χ1n) is 9.71. The number of aromatic nitrogens is 1. The zero-order valence-electron chi connectivity index (χ0n) is 15.3. The van der Waals surface area contributed by atoms with Gasteiger partial charge in [-0.15, -0.1) is 0 Å². The van der Waals surface area contributed by atoms with Crippen LogP contribution in [-0.2, 0) is 5.41 Å². The number of piperidine rings is 1. The highest BCUT2D eigenvalue weighted by molar-refractivity contribution is 5.94. The van der Waals surface area contributed by atoms with E-state index in [2.05, 4.69) is 34.3 Å². The summed E-state index contributed by atoms with van der Waals surface area (Å²) in [6.45, 7) is 5.73. The van der Waals surface area contributed by atoms with Gasteiger partial charge in [-0.1, -0.05) is 23.4 Å². The number of nitrogens with zero attached hydrogens (tertiary/aromatic N) is 3. The van der Waals surface area contributed by atoms with Crippen molar-refractivity contribution in [2.75, 3.05) is 31.1 Å². The van der Waals surface area contributed by atoms with Crippen LogP contribution in [0.25, 0.3) is 0 Å². The minimum atomic E-state index is 0.0553. The van der Waals surface area contributed by atoms with Crippen LogP contribution in [0.1, 0.15) is 47.3 Å². The minimum Gasteiger partial charge on any atom is -0.370 e. The van der Waals surface area contributed by atoms with Gasteiger partial charge in [-0.3, -0.25) is 4.79 Å². The number of hydrogen-bond donors (Lipinski definition) is 0. The first-order chi connectivity index (χ1) is 12.7. The van der Waals surface area contributed by atoms with Gasteiger partial charge in [0.15, 0.2) is 0 Å². The zero-order chi connectivity index (χ0) is 17.7. The molecule has 3 heterocycles. The number of carbonyl (C=O) groups is 1. The maximum Gasteiger partial charge on any atom is 0.259 e. The second-order valence-corrected chi connectivity index (χ2v) is 8.23. The number of carbonyl (C=O) groups excluding carboxylic acids is 1. The van der Waals surface area contributed by atoms with E-state index in [4.69, 9.17) is 4.52 Å². The van der Waals surface area contributed by atoms with E-state index in [1.165, 1.54) is 36.9 Å². The maximum atomic E-state index is 12.8. The molecule has 5 heteroatoms. The van der Waals surface area contributed by atoms with Crippen LogP contribution < -0.4 is 4.90 Å². The van der Waals surface area contributed by atoms with E-state index in [0.717, 1.165) is 38.4 Å². The number of benzene rings is 1. The first kappa shape index (κ1) is 15.9. The molecule has 0 atom stereocenters. The van der Waals surface area contributed by atoms with E-state index in [1.807, 2.05) is 11.8 Å². The minimum absolute atomic E-state index is 0.0553. The third-order valence-electron chi connectivity index (χ3n) is 6.47. The fourth-order valence-corrected chi connectivity index (χ4v) is 4.74. The van der Waals surface area contributed by atoms with Gasteiger partial charge >= 0.3 is 0 Å². The molecular weight excluding hydrogens is 326 g/mol. The van der Waals surface area contributed by atoms with Gasteiger partial charge in [0, 0.05) is 37.3 Å². The van der Waals surface area contributed by atoms with Crippen LogP contribution in [0.15, 0.2) is 35.1 Å². The van der Waals surface area contributed by atoms with Gasteiger partial charge in [-0.2, -0.15) is 0 Å². The molecule has 0 N–H and O–H groups in total. The first-order valence-corrected chi connectivity index (χ1v) is 9.71. The van der Waals surface area contributed by atoms with E-state index in [9.17, 15) is 4.79 Å². The Labute approximate surface area is 153 Å². The Kier molecular flexibility index (Phi) is 3.59. The predicted molar refractivity (Wildman–Crippen MR) is 99.4 cm³/mol. The molecule has 2 fully saturated rings. The molecule has 1 saturated heterocycles. The average molecular weight is 351 g/mol. The third-order valence-corrected chi connectivity index (χ3v) is 6.47. The number of rotatable bonds is 3. The molecule has 1 aromatic heterocycles. The highest BCUT2D eigenvalue weighted by Crippen LogP contribution is 2.48. The molecule has 0 bridgehead atoms. The normalized spacial score (nSPS) is 21.3. The summed E-state index contributed by atoms with van der Waals surface area (Å²) in [7, 11) is 0. The van der Waals surface area contributed by atoms with E-state index >= 15 is 0 Å². The molecule has 0 unspecified atom stereocenters. The van der Waals surface area contributed by atoms with Crippen molar-refractivity contribution in [3.05, 3.63) is 47.3 Å². The van der Waals surface area contributed by atoms with Crippen LogP contribution in [0.5, 0.6) is 0 Å². The highest BCUT2D eigenvalue weighted by Gasteiger charge is 2.46. The lowest BCUT2D eigenvalue weighted by atomic mass is 9.74. The Hall–Kier alpha value is -2.30. The molecule has 1 spiro atoms. The van der Waals surface area contributed by atoms with Gasteiger partial charge in [0.2, 0.25) is 0 Å². The number of anilines is 1. The van der Waals surface area contributed by atoms with Crippen molar-refractivity contribution >= 4 is 11.6 Å². The van der Waals surface area contributed by atoms with Crippen LogP contribution in [0.4, 0.5) is 5.69 Å². The van der Waals surface area contributed by atoms with Crippen molar-refractivity contribution < 1.29 is 9.32 Å². The Morgan fingerprint density at radius 1 is 1.27 bits per heavy atom. The van der Waals surface area contributed by atoms with Gasteiger partial charge in [0.25, 0.3) is 5.91 Å². The molecule has 2 aliphatic heterocycles. The zero-order valence-corrected chi connectivity index (χ0v) is 15.3. The number of fused-ring (bicyclic) bond motifs is 2. The highest BCUT2D eigenvalue weighted by atomic mass is 16.5. The summed E-state index contributed by atoms with van der Waals surface area (Å²) in [6.07, 6.45) is 6.30. The Bertz CT molecular complexity index is 831. The van der Waals surface area contributed by atoms with Crippen molar-refractivity contribution in [1.29, 1.82) is 0 Å². The Balaban J connectivity index is 1.35. The molecule has 2 aromatic rings. The maximum absolute atomic E-state index is 12.8. The predicted octanol–water partition coefficient (Wildman–Crippen LogP) is 3.39. The molecule has 5 nitrogen and oxygen atoms in total. The SMILES string of the molecule is Cc1nocc1C(=O)N1CCC2(CC1)CN(CC1CC1)c1ccccc12. The molecule has 1 saturated carbocycles. The molecule has 26 heavy (non-hydrogen) atoms. The molecule has 1 amide bonds. The number of hydrogen-bond acceptors (Lipinski definition) is 4. The monoisotopic (exact) mass is 351 g/mol. The molecule has 3 aliphatic rings. The van der Waals surface area contributed by atoms with E-state index in [0.29, 0.717) is 11.3 Å². The molecule has 136 valence electrons. The van der Waals surface area contributed by atoms with Gasteiger partial charge in [-0.05, 0) is 50.2 Å². The van der Waals surface area contributed by atoms with Crippen LogP contribution in [-0.4, -0.2) is 42.1 Å². The summed E-state index contributed by atoms with van der Waals surface area (Å²) in [6, 6.07) is 8.92. The summed E-state index contributed by atoms with van der Waals surface area (Å²) in [5.41, 5.74) is 4.40. The van der Waals surface area contributed by atoms with Crippen molar-refractivity contribution in [2.45, 2.75) is 38.0 Å². The van der Waals surface area contributed by atoms with Crippen LogP contribution >= 0.6 is 0 Å². The molecular formula is C21H25N3O2. The fourth-order valence-electron chi connectivity index (χ4n) is 4.74. The smallest absolute Gasteiger partial charge is 0.259 e. The Morgan fingerprint density at radius 3 is 2.73 bits per heavy atom. The van der Waals surface area contributed by atoms with E-state index in [1.54, 1.807) is 0 Å². The summed E-state index contributed by atoms with van der Waals surface area (Å²) in [5.74, 6) is 0.941. The number of aryl methyl sites for hydroxylation is 1. The number of likely N-dealkylation sites (tertiary alicyclic amines) is 1. The van der Waals surface area contributed by atoms with Gasteiger partial charge < -0.3 is 14.3 Å². The summed E-state index contributed by atoms with van der Waals surface area (Å²) in [5, 5.41) is 3.85. The van der Waals surface area contributed by atoms with E-state index < -0.39 is 0 Å². The lowest BCUT2D eigenvalue weighted by molar-refractivity contribution is 0.0672. The summed E-state index contributed by atoms with van der Waals surface area (Å²) < 4.78 is 4.95. The number of amides is 1. The van der Waals surface area contributed by atoms with Crippen molar-refractivity contribution in [3.8, 4) is 0 Å². The lowest BCUT2D eigenvalue weighted by Crippen LogP contribution is -2.47. The van der Waals surface area contributed by atoms with Crippen LogP contribution in [0, 0.1) is 12.8 Å². The standard InChI is InChI=1S/C21H25N3O2/c1-15-17(13-26-22-15)20(25)23-10-8-21(9-11-23)14-24(12-16-6-7-16)19-5-3-2-4-18(19)21/h2-5,13,16H,6-12,14H2,1H3. The quantitative estimate of drug-likeness (QED) is 0.850. The van der Waals surface area contributed by atoms with Crippen LogP contribution in [0.2, 0.25) is 0 Å².